The lowest BCUT2D eigenvalue weighted by molar-refractivity contribution is 0.409. The number of rotatable bonds is 5. The summed E-state index contributed by atoms with van der Waals surface area (Å²) < 4.78 is 5.40. The molecular weight excluding hydrogens is 272 g/mol. The number of hydrogen-bond acceptors (Lipinski definition) is 3. The van der Waals surface area contributed by atoms with Crippen molar-refractivity contribution < 1.29 is 4.74 Å². The number of anilines is 2. The maximum Gasteiger partial charge on any atom is 0.123 e. The number of ether oxygens (including phenoxy) is 1. The second-order valence-electron chi connectivity index (χ2n) is 4.57. The second kappa shape index (κ2) is 6.53. The number of nitrogen functional groups attached to an aromatic ring is 1. The van der Waals surface area contributed by atoms with Crippen molar-refractivity contribution >= 4 is 23.0 Å². The first-order valence-corrected chi connectivity index (χ1v) is 6.94. The molecule has 106 valence electrons. The van der Waals surface area contributed by atoms with Crippen LogP contribution in [0, 0.1) is 0 Å². The summed E-state index contributed by atoms with van der Waals surface area (Å²) in [5.41, 5.74) is 8.77. The predicted octanol–water partition coefficient (Wildman–Crippen LogP) is 3.96. The number of benzene rings is 2. The molecule has 0 heterocycles. The van der Waals surface area contributed by atoms with Crippen molar-refractivity contribution in [3.63, 3.8) is 0 Å². The summed E-state index contributed by atoms with van der Waals surface area (Å²) in [5, 5.41) is 0.712. The third-order valence-corrected chi connectivity index (χ3v) is 3.46. The molecule has 2 aromatic carbocycles. The van der Waals surface area contributed by atoms with Crippen LogP contribution in [0.2, 0.25) is 5.02 Å². The molecule has 0 aromatic heterocycles. The molecule has 0 radical (unpaired) electrons. The Morgan fingerprint density at radius 1 is 1.20 bits per heavy atom. The highest BCUT2D eigenvalue weighted by Gasteiger charge is 2.10. The quantitative estimate of drug-likeness (QED) is 0.847. The Morgan fingerprint density at radius 3 is 2.65 bits per heavy atom. The zero-order valence-electron chi connectivity index (χ0n) is 11.8. The number of nitrogens with two attached hydrogens (primary N) is 1. The van der Waals surface area contributed by atoms with E-state index in [1.54, 1.807) is 7.11 Å². The van der Waals surface area contributed by atoms with Crippen molar-refractivity contribution in [2.75, 3.05) is 24.3 Å². The van der Waals surface area contributed by atoms with E-state index in [9.17, 15) is 0 Å². The lowest BCUT2D eigenvalue weighted by Crippen LogP contribution is -2.22. The van der Waals surface area contributed by atoms with Crippen molar-refractivity contribution in [3.05, 3.63) is 53.1 Å². The minimum absolute atomic E-state index is 0.712. The summed E-state index contributed by atoms with van der Waals surface area (Å²) in [7, 11) is 1.67. The molecule has 2 aromatic rings. The highest BCUT2D eigenvalue weighted by Crippen LogP contribution is 2.26. The Bertz CT molecular complexity index is 586. The summed E-state index contributed by atoms with van der Waals surface area (Å²) in [5.74, 6) is 0.844. The second-order valence-corrected chi connectivity index (χ2v) is 5.00. The molecular formula is C16H19ClN2O. The minimum Gasteiger partial charge on any atom is -0.496 e. The Morgan fingerprint density at radius 2 is 2.00 bits per heavy atom. The maximum absolute atomic E-state index is 6.08. The van der Waals surface area contributed by atoms with E-state index in [1.807, 2.05) is 36.4 Å². The van der Waals surface area contributed by atoms with Crippen molar-refractivity contribution in [2.24, 2.45) is 0 Å². The fraction of sp³-hybridized carbons (Fsp3) is 0.250. The van der Waals surface area contributed by atoms with E-state index in [2.05, 4.69) is 17.9 Å². The topological polar surface area (TPSA) is 38.5 Å². The third-order valence-electron chi connectivity index (χ3n) is 3.22. The minimum atomic E-state index is 0.712. The van der Waals surface area contributed by atoms with Gasteiger partial charge in [-0.25, -0.2) is 0 Å². The Kier molecular flexibility index (Phi) is 4.74. The average Bonchev–Trinajstić information content (AvgIpc) is 2.45. The van der Waals surface area contributed by atoms with E-state index in [1.165, 1.54) is 0 Å². The van der Waals surface area contributed by atoms with Gasteiger partial charge >= 0.3 is 0 Å². The molecule has 4 heteroatoms. The zero-order valence-corrected chi connectivity index (χ0v) is 12.5. The fourth-order valence-corrected chi connectivity index (χ4v) is 2.38. The third kappa shape index (κ3) is 3.36. The summed E-state index contributed by atoms with van der Waals surface area (Å²) in [6, 6.07) is 13.5. The van der Waals surface area contributed by atoms with Crippen molar-refractivity contribution in [1.82, 2.24) is 0 Å². The van der Waals surface area contributed by atoms with Gasteiger partial charge in [-0.2, -0.15) is 0 Å². The van der Waals surface area contributed by atoms with E-state index >= 15 is 0 Å². The predicted molar refractivity (Wildman–Crippen MR) is 85.6 cm³/mol. The van der Waals surface area contributed by atoms with Gasteiger partial charge in [0.25, 0.3) is 0 Å². The van der Waals surface area contributed by atoms with Gasteiger partial charge < -0.3 is 15.4 Å². The van der Waals surface area contributed by atoms with Gasteiger partial charge in [0, 0.05) is 35.1 Å². The van der Waals surface area contributed by atoms with E-state index in [-0.39, 0.29) is 0 Å². The summed E-state index contributed by atoms with van der Waals surface area (Å²) in [4.78, 5) is 2.23. The highest BCUT2D eigenvalue weighted by atomic mass is 35.5. The molecule has 0 saturated carbocycles. The van der Waals surface area contributed by atoms with Crippen LogP contribution in [0.15, 0.2) is 42.5 Å². The number of methoxy groups -OCH3 is 1. The van der Waals surface area contributed by atoms with Crippen LogP contribution in [0.1, 0.15) is 12.5 Å². The van der Waals surface area contributed by atoms with Gasteiger partial charge in [-0.3, -0.25) is 0 Å². The standard InChI is InChI=1S/C16H19ClN2O/c1-3-19(15-6-4-5-14(18)10-15)11-12-9-13(17)7-8-16(12)20-2/h4-10H,3,11,18H2,1-2H3. The zero-order chi connectivity index (χ0) is 14.5. The fourth-order valence-electron chi connectivity index (χ4n) is 2.18. The largest absolute Gasteiger partial charge is 0.496 e. The number of hydrogen-bond donors (Lipinski definition) is 1. The molecule has 0 unspecified atom stereocenters. The summed E-state index contributed by atoms with van der Waals surface area (Å²) >= 11 is 6.08. The average molecular weight is 291 g/mol. The van der Waals surface area contributed by atoms with E-state index in [0.29, 0.717) is 5.02 Å². The van der Waals surface area contributed by atoms with Crippen LogP contribution in [-0.2, 0) is 6.54 Å². The number of nitrogens with zero attached hydrogens (tertiary/aromatic N) is 1. The first-order valence-electron chi connectivity index (χ1n) is 6.57. The van der Waals surface area contributed by atoms with Gasteiger partial charge in [-0.15, -0.1) is 0 Å². The van der Waals surface area contributed by atoms with Crippen LogP contribution in [-0.4, -0.2) is 13.7 Å². The van der Waals surface area contributed by atoms with Crippen molar-refractivity contribution in [2.45, 2.75) is 13.5 Å². The molecule has 0 fully saturated rings. The molecule has 0 bridgehead atoms. The Balaban J connectivity index is 2.28. The van der Waals surface area contributed by atoms with Gasteiger partial charge in [0.15, 0.2) is 0 Å². The molecule has 0 aliphatic rings. The number of halogens is 1. The highest BCUT2D eigenvalue weighted by molar-refractivity contribution is 6.30. The van der Waals surface area contributed by atoms with Gasteiger partial charge in [-0.1, -0.05) is 17.7 Å². The molecule has 0 aliphatic heterocycles. The van der Waals surface area contributed by atoms with Crippen LogP contribution in [0.3, 0.4) is 0 Å². The first-order chi connectivity index (χ1) is 9.63. The molecule has 3 nitrogen and oxygen atoms in total. The lowest BCUT2D eigenvalue weighted by atomic mass is 10.1. The summed E-state index contributed by atoms with van der Waals surface area (Å²) in [6.07, 6.45) is 0. The van der Waals surface area contributed by atoms with Gasteiger partial charge in [-0.05, 0) is 43.3 Å². The molecule has 20 heavy (non-hydrogen) atoms. The van der Waals surface area contributed by atoms with E-state index in [4.69, 9.17) is 22.1 Å². The molecule has 0 spiro atoms. The van der Waals surface area contributed by atoms with Crippen LogP contribution in [0.4, 0.5) is 11.4 Å². The van der Waals surface area contributed by atoms with Gasteiger partial charge in [0.05, 0.1) is 7.11 Å². The molecule has 2 N–H and O–H groups in total. The van der Waals surface area contributed by atoms with Gasteiger partial charge in [0.1, 0.15) is 5.75 Å². The van der Waals surface area contributed by atoms with Crippen LogP contribution in [0.5, 0.6) is 5.75 Å². The smallest absolute Gasteiger partial charge is 0.123 e. The van der Waals surface area contributed by atoms with Crippen LogP contribution < -0.4 is 15.4 Å². The van der Waals surface area contributed by atoms with E-state index in [0.717, 1.165) is 35.8 Å². The van der Waals surface area contributed by atoms with Gasteiger partial charge in [0.2, 0.25) is 0 Å². The van der Waals surface area contributed by atoms with Crippen molar-refractivity contribution in [3.8, 4) is 5.75 Å². The van der Waals surface area contributed by atoms with Crippen molar-refractivity contribution in [1.29, 1.82) is 0 Å². The molecule has 0 aliphatic carbocycles. The molecule has 0 amide bonds. The Hall–Kier alpha value is -1.87. The Labute approximate surface area is 124 Å². The molecule has 2 rings (SSSR count). The lowest BCUT2D eigenvalue weighted by Gasteiger charge is -2.24. The normalized spacial score (nSPS) is 10.3. The monoisotopic (exact) mass is 290 g/mol. The molecule has 0 saturated heterocycles. The van der Waals surface area contributed by atoms with Crippen LogP contribution >= 0.6 is 11.6 Å². The SMILES string of the molecule is CCN(Cc1cc(Cl)ccc1OC)c1cccc(N)c1. The summed E-state index contributed by atoms with van der Waals surface area (Å²) in [6.45, 7) is 3.71. The maximum atomic E-state index is 6.08. The van der Waals surface area contributed by atoms with E-state index < -0.39 is 0 Å². The first kappa shape index (κ1) is 14.5. The van der Waals surface area contributed by atoms with Crippen LogP contribution in [0.25, 0.3) is 0 Å². The molecule has 0 atom stereocenters.